The second-order valence-corrected chi connectivity index (χ2v) is 5.41. The number of H-pyrrole nitrogens is 1. The fraction of sp³-hybridized carbons (Fsp3) is 0.286. The Balaban J connectivity index is 2.21. The summed E-state index contributed by atoms with van der Waals surface area (Å²) in [7, 11) is 0. The zero-order valence-electron chi connectivity index (χ0n) is 9.81. The van der Waals surface area contributed by atoms with E-state index >= 15 is 0 Å². The molecule has 2 N–H and O–H groups in total. The van der Waals surface area contributed by atoms with Crippen molar-refractivity contribution in [1.82, 2.24) is 10.3 Å². The third-order valence-electron chi connectivity index (χ3n) is 3.33. The lowest BCUT2D eigenvalue weighted by Crippen LogP contribution is -2.20. The van der Waals surface area contributed by atoms with Crippen molar-refractivity contribution in [1.29, 1.82) is 0 Å². The van der Waals surface area contributed by atoms with E-state index in [1.165, 1.54) is 27.7 Å². The monoisotopic (exact) mass is 290 g/mol. The molecule has 2 nitrogen and oxygen atoms in total. The number of hydrogen-bond donors (Lipinski definition) is 2. The van der Waals surface area contributed by atoms with E-state index in [9.17, 15) is 0 Å². The molecule has 0 amide bonds. The largest absolute Gasteiger partial charge is 0.358 e. The van der Waals surface area contributed by atoms with Crippen LogP contribution in [0.1, 0.15) is 17.7 Å². The maximum atomic E-state index is 3.52. The van der Waals surface area contributed by atoms with Gasteiger partial charge in [0.1, 0.15) is 0 Å². The lowest BCUT2D eigenvalue weighted by Gasteiger charge is -2.14. The number of aromatic amines is 1. The minimum absolute atomic E-state index is 0.984. The van der Waals surface area contributed by atoms with Gasteiger partial charge < -0.3 is 10.3 Å². The number of halogens is 1. The van der Waals surface area contributed by atoms with Gasteiger partial charge in [-0.1, -0.05) is 28.1 Å². The summed E-state index contributed by atoms with van der Waals surface area (Å²) in [5.41, 5.74) is 5.35. The van der Waals surface area contributed by atoms with Gasteiger partial charge in [0.15, 0.2) is 0 Å². The van der Waals surface area contributed by atoms with Crippen molar-refractivity contribution in [3.05, 3.63) is 40.0 Å². The number of nitrogens with one attached hydrogen (secondary N) is 2. The number of benzene rings is 1. The molecular weight excluding hydrogens is 276 g/mol. The Morgan fingerprint density at radius 1 is 1.29 bits per heavy atom. The number of hydrogen-bond acceptors (Lipinski definition) is 1. The van der Waals surface area contributed by atoms with Gasteiger partial charge in [-0.25, -0.2) is 0 Å². The van der Waals surface area contributed by atoms with Crippen LogP contribution in [0.15, 0.2) is 28.7 Å². The molecule has 0 spiro atoms. The predicted molar refractivity (Wildman–Crippen MR) is 76.2 cm³/mol. The molecule has 2 heterocycles. The first kappa shape index (κ1) is 11.1. The fourth-order valence-corrected chi connectivity index (χ4v) is 2.93. The Bertz CT molecular complexity index is 596. The maximum absolute atomic E-state index is 3.52. The molecule has 0 atom stereocenters. The van der Waals surface area contributed by atoms with Gasteiger partial charge in [0.05, 0.1) is 0 Å². The van der Waals surface area contributed by atoms with Crippen molar-refractivity contribution < 1.29 is 0 Å². The second-order valence-electron chi connectivity index (χ2n) is 4.50. The normalized spacial score (nSPS) is 16.2. The highest BCUT2D eigenvalue weighted by molar-refractivity contribution is 9.10. The molecule has 1 aromatic heterocycles. The summed E-state index contributed by atoms with van der Waals surface area (Å²) >= 11 is 3.52. The van der Waals surface area contributed by atoms with Crippen molar-refractivity contribution in [3.63, 3.8) is 0 Å². The quantitative estimate of drug-likeness (QED) is 0.825. The van der Waals surface area contributed by atoms with Crippen LogP contribution in [-0.4, -0.2) is 18.1 Å². The third kappa shape index (κ3) is 1.94. The van der Waals surface area contributed by atoms with E-state index in [1.807, 2.05) is 0 Å². The molecule has 0 aliphatic carbocycles. The Kier molecular flexibility index (Phi) is 2.81. The Morgan fingerprint density at radius 3 is 2.94 bits per heavy atom. The zero-order valence-corrected chi connectivity index (χ0v) is 11.4. The summed E-state index contributed by atoms with van der Waals surface area (Å²) < 4.78 is 1.12. The van der Waals surface area contributed by atoms with Crippen molar-refractivity contribution in [3.8, 4) is 0 Å². The summed E-state index contributed by atoms with van der Waals surface area (Å²) in [5.74, 6) is 0. The Hall–Kier alpha value is -1.06. The van der Waals surface area contributed by atoms with Crippen LogP contribution in [0.25, 0.3) is 16.5 Å². The highest BCUT2D eigenvalue weighted by Crippen LogP contribution is 2.32. The fourth-order valence-electron chi connectivity index (χ4n) is 2.57. The number of fused-ring (bicyclic) bond motifs is 1. The Labute approximate surface area is 109 Å². The van der Waals surface area contributed by atoms with Crippen molar-refractivity contribution in [2.45, 2.75) is 13.3 Å². The number of aryl methyl sites for hydroxylation is 1. The van der Waals surface area contributed by atoms with Gasteiger partial charge in [0.2, 0.25) is 0 Å². The molecule has 3 rings (SSSR count). The van der Waals surface area contributed by atoms with E-state index in [1.54, 1.807) is 0 Å². The van der Waals surface area contributed by atoms with Crippen molar-refractivity contribution in [2.24, 2.45) is 0 Å². The van der Waals surface area contributed by atoms with Gasteiger partial charge in [0, 0.05) is 33.2 Å². The molecular formula is C14H15BrN2. The molecule has 0 saturated carbocycles. The summed E-state index contributed by atoms with van der Waals surface area (Å²) in [4.78, 5) is 3.47. The molecule has 0 fully saturated rings. The summed E-state index contributed by atoms with van der Waals surface area (Å²) in [6.07, 6.45) is 3.42. The van der Waals surface area contributed by atoms with Gasteiger partial charge in [-0.3, -0.25) is 0 Å². The second kappa shape index (κ2) is 4.31. The lowest BCUT2D eigenvalue weighted by molar-refractivity contribution is 0.738. The molecule has 0 saturated heterocycles. The van der Waals surface area contributed by atoms with Crippen LogP contribution in [0.2, 0.25) is 0 Å². The maximum Gasteiger partial charge on any atom is 0.0473 e. The van der Waals surface area contributed by atoms with Crippen LogP contribution >= 0.6 is 15.9 Å². The summed E-state index contributed by atoms with van der Waals surface area (Å²) in [6.45, 7) is 4.22. The van der Waals surface area contributed by atoms with Crippen LogP contribution in [0.3, 0.4) is 0 Å². The van der Waals surface area contributed by atoms with E-state index in [4.69, 9.17) is 0 Å². The van der Waals surface area contributed by atoms with Gasteiger partial charge in [-0.05, 0) is 37.6 Å². The predicted octanol–water partition coefficient (Wildman–Crippen LogP) is 3.62. The van der Waals surface area contributed by atoms with Crippen LogP contribution in [0.5, 0.6) is 0 Å². The van der Waals surface area contributed by atoms with E-state index in [2.05, 4.69) is 57.4 Å². The zero-order chi connectivity index (χ0) is 11.8. The van der Waals surface area contributed by atoms with Crippen LogP contribution < -0.4 is 5.32 Å². The topological polar surface area (TPSA) is 27.8 Å². The lowest BCUT2D eigenvalue weighted by atomic mass is 9.97. The first-order valence-electron chi connectivity index (χ1n) is 5.93. The van der Waals surface area contributed by atoms with Crippen molar-refractivity contribution in [2.75, 3.05) is 13.1 Å². The molecule has 17 heavy (non-hydrogen) atoms. The minimum atomic E-state index is 0.984. The molecule has 1 aliphatic rings. The molecule has 1 aromatic carbocycles. The van der Waals surface area contributed by atoms with Crippen LogP contribution in [0.4, 0.5) is 0 Å². The van der Waals surface area contributed by atoms with Gasteiger partial charge in [0.25, 0.3) is 0 Å². The van der Waals surface area contributed by atoms with Crippen molar-refractivity contribution >= 4 is 32.4 Å². The molecule has 0 unspecified atom stereocenters. The first-order chi connectivity index (χ1) is 8.25. The van der Waals surface area contributed by atoms with E-state index in [0.717, 1.165) is 24.0 Å². The smallest absolute Gasteiger partial charge is 0.0473 e. The summed E-state index contributed by atoms with van der Waals surface area (Å²) in [6, 6.07) is 6.45. The van der Waals surface area contributed by atoms with Gasteiger partial charge in [-0.2, -0.15) is 0 Å². The first-order valence-corrected chi connectivity index (χ1v) is 6.73. The molecule has 3 heteroatoms. The van der Waals surface area contributed by atoms with Gasteiger partial charge >= 0.3 is 0 Å². The van der Waals surface area contributed by atoms with E-state index in [-0.39, 0.29) is 0 Å². The molecule has 0 bridgehead atoms. The standard InChI is InChI=1S/C14H15BrN2/c1-9-14(10-4-6-16-7-5-10)12-3-2-11(15)8-13(12)17-9/h2-4,8,16-17H,5-7H2,1H3. The SMILES string of the molecule is Cc1[nH]c2cc(Br)ccc2c1C1=CCNCC1. The van der Waals surface area contributed by atoms with E-state index < -0.39 is 0 Å². The molecule has 0 radical (unpaired) electrons. The number of rotatable bonds is 1. The average molecular weight is 291 g/mol. The highest BCUT2D eigenvalue weighted by Gasteiger charge is 2.14. The average Bonchev–Trinajstić information content (AvgIpc) is 2.65. The van der Waals surface area contributed by atoms with Crippen LogP contribution in [0, 0.1) is 6.92 Å². The van der Waals surface area contributed by atoms with Gasteiger partial charge in [-0.15, -0.1) is 0 Å². The highest BCUT2D eigenvalue weighted by atomic mass is 79.9. The summed E-state index contributed by atoms with van der Waals surface area (Å²) in [5, 5.41) is 4.69. The molecule has 1 aliphatic heterocycles. The number of aromatic nitrogens is 1. The van der Waals surface area contributed by atoms with Crippen LogP contribution in [-0.2, 0) is 0 Å². The Morgan fingerprint density at radius 2 is 2.18 bits per heavy atom. The molecule has 88 valence electrons. The third-order valence-corrected chi connectivity index (χ3v) is 3.83. The molecule has 2 aromatic rings. The van der Waals surface area contributed by atoms with E-state index in [0.29, 0.717) is 0 Å². The minimum Gasteiger partial charge on any atom is -0.358 e.